The van der Waals surface area contributed by atoms with Gasteiger partial charge in [-0.25, -0.2) is 4.39 Å². The highest BCUT2D eigenvalue weighted by molar-refractivity contribution is 5.94. The monoisotopic (exact) mass is 365 g/mol. The number of benzene rings is 1. The zero-order valence-electron chi connectivity index (χ0n) is 15.4. The van der Waals surface area contributed by atoms with E-state index in [2.05, 4.69) is 9.98 Å². The summed E-state index contributed by atoms with van der Waals surface area (Å²) < 4.78 is 24.9. The molecule has 2 N–H and O–H groups in total. The second kappa shape index (κ2) is 8.61. The molecule has 1 aliphatic rings. The third kappa shape index (κ3) is 4.69. The topological polar surface area (TPSA) is 92.7 Å². The third-order valence-corrected chi connectivity index (χ3v) is 3.83. The number of hydrogen-bond donors (Lipinski definition) is 1. The molecule has 1 aromatic carbocycles. The lowest BCUT2D eigenvalue weighted by Gasteiger charge is -2.33. The molecule has 1 heterocycles. The molecule has 1 atom stereocenters. The number of guanidine groups is 1. The van der Waals surface area contributed by atoms with Gasteiger partial charge < -0.3 is 25.0 Å². The van der Waals surface area contributed by atoms with Gasteiger partial charge in [0.25, 0.3) is 11.9 Å². The first-order chi connectivity index (χ1) is 12.3. The van der Waals surface area contributed by atoms with E-state index in [1.54, 1.807) is 21.1 Å². The van der Waals surface area contributed by atoms with Gasteiger partial charge in [0, 0.05) is 33.3 Å². The van der Waals surface area contributed by atoms with Crippen LogP contribution < -0.4 is 10.5 Å². The van der Waals surface area contributed by atoms with Gasteiger partial charge in [-0.05, 0) is 25.1 Å². The number of nitrogens with two attached hydrogens (primary N) is 1. The highest BCUT2D eigenvalue weighted by Crippen LogP contribution is 2.19. The minimum atomic E-state index is -0.703. The number of carbonyl (C=O) groups is 1. The summed E-state index contributed by atoms with van der Waals surface area (Å²) in [6.45, 7) is 3.73. The van der Waals surface area contributed by atoms with Crippen LogP contribution in [0.1, 0.15) is 17.3 Å². The second-order valence-corrected chi connectivity index (χ2v) is 6.04. The Morgan fingerprint density at radius 1 is 1.46 bits per heavy atom. The SMILES string of the molecule is CN=C(N=C(N)Oc1ccc(C(=O)N(C)C)cc1F)N1CCOC[C@@H]1C. The van der Waals surface area contributed by atoms with Gasteiger partial charge in [-0.15, -0.1) is 0 Å². The van der Waals surface area contributed by atoms with E-state index in [4.69, 9.17) is 15.2 Å². The number of amidine groups is 1. The van der Waals surface area contributed by atoms with E-state index in [1.807, 2.05) is 11.8 Å². The van der Waals surface area contributed by atoms with Crippen LogP contribution in [-0.4, -0.2) is 74.6 Å². The van der Waals surface area contributed by atoms with E-state index in [9.17, 15) is 9.18 Å². The molecule has 0 radical (unpaired) electrons. The van der Waals surface area contributed by atoms with Crippen molar-refractivity contribution in [1.29, 1.82) is 0 Å². The zero-order valence-corrected chi connectivity index (χ0v) is 15.4. The molecular weight excluding hydrogens is 341 g/mol. The molecule has 9 heteroatoms. The molecule has 2 rings (SSSR count). The van der Waals surface area contributed by atoms with Crippen LogP contribution in [0.2, 0.25) is 0 Å². The van der Waals surface area contributed by atoms with Crippen LogP contribution in [0.3, 0.4) is 0 Å². The van der Waals surface area contributed by atoms with Crippen molar-refractivity contribution >= 4 is 17.9 Å². The molecule has 142 valence electrons. The van der Waals surface area contributed by atoms with Crippen LogP contribution in [0.5, 0.6) is 5.75 Å². The van der Waals surface area contributed by atoms with Crippen molar-refractivity contribution in [2.45, 2.75) is 13.0 Å². The minimum absolute atomic E-state index is 0.0899. The number of morpholine rings is 1. The Balaban J connectivity index is 2.14. The molecule has 0 aliphatic carbocycles. The molecule has 26 heavy (non-hydrogen) atoms. The molecule has 1 aliphatic heterocycles. The summed E-state index contributed by atoms with van der Waals surface area (Å²) in [5.41, 5.74) is 6.01. The van der Waals surface area contributed by atoms with Crippen molar-refractivity contribution in [3.8, 4) is 5.75 Å². The molecule has 1 fully saturated rings. The Morgan fingerprint density at radius 2 is 2.19 bits per heavy atom. The first-order valence-electron chi connectivity index (χ1n) is 8.18. The second-order valence-electron chi connectivity index (χ2n) is 6.04. The van der Waals surface area contributed by atoms with Crippen LogP contribution >= 0.6 is 0 Å². The van der Waals surface area contributed by atoms with Crippen molar-refractivity contribution in [2.24, 2.45) is 15.7 Å². The molecule has 8 nitrogen and oxygen atoms in total. The van der Waals surface area contributed by atoms with Gasteiger partial charge in [-0.3, -0.25) is 9.79 Å². The Labute approximate surface area is 152 Å². The van der Waals surface area contributed by atoms with E-state index >= 15 is 0 Å². The Morgan fingerprint density at radius 3 is 2.77 bits per heavy atom. The summed E-state index contributed by atoms with van der Waals surface area (Å²) in [5.74, 6) is -0.741. The maximum Gasteiger partial charge on any atom is 0.295 e. The molecule has 1 saturated heterocycles. The maximum absolute atomic E-state index is 14.2. The fourth-order valence-corrected chi connectivity index (χ4v) is 2.48. The first kappa shape index (κ1) is 19.6. The quantitative estimate of drug-likeness (QED) is 0.622. The van der Waals surface area contributed by atoms with Crippen LogP contribution in [0, 0.1) is 5.82 Å². The Kier molecular flexibility index (Phi) is 6.51. The number of carbonyl (C=O) groups excluding carboxylic acids is 1. The van der Waals surface area contributed by atoms with Gasteiger partial charge in [0.05, 0.1) is 19.3 Å². The summed E-state index contributed by atoms with van der Waals surface area (Å²) in [6, 6.07) is 3.76. The number of amides is 1. The van der Waals surface area contributed by atoms with Crippen molar-refractivity contribution in [3.05, 3.63) is 29.6 Å². The van der Waals surface area contributed by atoms with Gasteiger partial charge in [-0.1, -0.05) is 0 Å². The fraction of sp³-hybridized carbons (Fsp3) is 0.471. The highest BCUT2D eigenvalue weighted by atomic mass is 19.1. The van der Waals surface area contributed by atoms with E-state index < -0.39 is 5.82 Å². The van der Waals surface area contributed by atoms with E-state index in [-0.39, 0.29) is 29.3 Å². The molecule has 0 saturated carbocycles. The van der Waals surface area contributed by atoms with Crippen molar-refractivity contribution in [1.82, 2.24) is 9.80 Å². The van der Waals surface area contributed by atoms with Gasteiger partial charge in [-0.2, -0.15) is 4.99 Å². The summed E-state index contributed by atoms with van der Waals surface area (Å²) in [5, 5.41) is 0. The van der Waals surface area contributed by atoms with E-state index in [0.717, 1.165) is 6.07 Å². The minimum Gasteiger partial charge on any atom is -0.423 e. The van der Waals surface area contributed by atoms with Crippen LogP contribution in [0.25, 0.3) is 0 Å². The third-order valence-electron chi connectivity index (χ3n) is 3.83. The van der Waals surface area contributed by atoms with Gasteiger partial charge in [0.15, 0.2) is 11.6 Å². The molecular formula is C17H24FN5O3. The average molecular weight is 365 g/mol. The van der Waals surface area contributed by atoms with Crippen molar-refractivity contribution in [2.75, 3.05) is 40.9 Å². The summed E-state index contributed by atoms with van der Waals surface area (Å²) in [6.07, 6.45) is 0. The summed E-state index contributed by atoms with van der Waals surface area (Å²) in [4.78, 5) is 23.4. The fourth-order valence-electron chi connectivity index (χ4n) is 2.48. The lowest BCUT2D eigenvalue weighted by molar-refractivity contribution is 0.0326. The van der Waals surface area contributed by atoms with Gasteiger partial charge in [0.2, 0.25) is 5.96 Å². The van der Waals surface area contributed by atoms with Gasteiger partial charge in [0.1, 0.15) is 0 Å². The molecule has 0 aromatic heterocycles. The number of rotatable bonds is 2. The maximum atomic E-state index is 14.2. The number of ether oxygens (including phenoxy) is 2. The highest BCUT2D eigenvalue weighted by Gasteiger charge is 2.22. The molecule has 0 bridgehead atoms. The molecule has 1 amide bonds. The van der Waals surface area contributed by atoms with Crippen LogP contribution in [0.4, 0.5) is 4.39 Å². The Bertz CT molecular complexity index is 720. The van der Waals surface area contributed by atoms with Crippen LogP contribution in [0.15, 0.2) is 28.2 Å². The predicted molar refractivity (Wildman–Crippen MR) is 97.0 cm³/mol. The summed E-state index contributed by atoms with van der Waals surface area (Å²) >= 11 is 0. The molecule has 0 unspecified atom stereocenters. The van der Waals surface area contributed by atoms with Crippen molar-refractivity contribution < 1.29 is 18.7 Å². The lowest BCUT2D eigenvalue weighted by atomic mass is 10.2. The van der Waals surface area contributed by atoms with E-state index in [0.29, 0.717) is 25.7 Å². The summed E-state index contributed by atoms with van der Waals surface area (Å²) in [7, 11) is 4.78. The molecule has 0 spiro atoms. The number of aliphatic imine (C=N–C) groups is 2. The normalized spacial score (nSPS) is 18.7. The van der Waals surface area contributed by atoms with Crippen LogP contribution in [-0.2, 0) is 4.74 Å². The predicted octanol–water partition coefficient (Wildman–Crippen LogP) is 0.927. The van der Waals surface area contributed by atoms with Gasteiger partial charge >= 0.3 is 0 Å². The zero-order chi connectivity index (χ0) is 19.3. The number of nitrogens with zero attached hydrogens (tertiary/aromatic N) is 4. The average Bonchev–Trinajstić information content (AvgIpc) is 2.61. The molecule has 1 aromatic rings. The smallest absolute Gasteiger partial charge is 0.295 e. The Hall–Kier alpha value is -2.68. The van der Waals surface area contributed by atoms with Crippen molar-refractivity contribution in [3.63, 3.8) is 0 Å². The largest absolute Gasteiger partial charge is 0.423 e. The standard InChI is InChI=1S/C17H24FN5O3/c1-11-10-25-8-7-23(11)17(20-2)21-16(19)26-14-6-5-12(9-13(14)18)15(24)22(3)4/h5-6,9,11H,7-8,10H2,1-4H3,(H2,19,20,21)/t11-/m0/s1. The number of hydrogen-bond acceptors (Lipinski definition) is 4. The lowest BCUT2D eigenvalue weighted by Crippen LogP contribution is -2.47. The number of halogens is 1. The first-order valence-corrected chi connectivity index (χ1v) is 8.18. The van der Waals surface area contributed by atoms with E-state index in [1.165, 1.54) is 17.0 Å².